The number of piperazine rings is 1. The number of rotatable bonds is 4. The van der Waals surface area contributed by atoms with Gasteiger partial charge < -0.3 is 15.1 Å². The van der Waals surface area contributed by atoms with Crippen LogP contribution in [-0.2, 0) is 9.59 Å². The first-order valence-electron chi connectivity index (χ1n) is 8.57. The van der Waals surface area contributed by atoms with Crippen LogP contribution in [0.15, 0.2) is 18.2 Å². The first-order chi connectivity index (χ1) is 11.5. The molecule has 2 atom stereocenters. The Hall–Kier alpha value is -1.59. The largest absolute Gasteiger partial charge is 0.340 e. The van der Waals surface area contributed by atoms with Gasteiger partial charge in [0.25, 0.3) is 0 Å². The molecule has 1 aliphatic heterocycles. The zero-order valence-electron chi connectivity index (χ0n) is 14.2. The smallest absolute Gasteiger partial charge is 0.228 e. The molecule has 1 saturated carbocycles. The lowest BCUT2D eigenvalue weighted by molar-refractivity contribution is -0.135. The molecule has 2 amide bonds. The number of anilines is 1. The summed E-state index contributed by atoms with van der Waals surface area (Å²) in [5, 5.41) is 3.50. The second-order valence-corrected chi connectivity index (χ2v) is 7.07. The Labute approximate surface area is 147 Å². The fourth-order valence-corrected chi connectivity index (χ4v) is 3.36. The van der Waals surface area contributed by atoms with Crippen molar-refractivity contribution in [2.75, 3.05) is 38.0 Å². The molecule has 1 saturated heterocycles. The van der Waals surface area contributed by atoms with Gasteiger partial charge in [-0.15, -0.1) is 0 Å². The number of nitrogens with one attached hydrogen (secondary N) is 1. The van der Waals surface area contributed by atoms with E-state index in [0.717, 1.165) is 38.3 Å². The van der Waals surface area contributed by atoms with Crippen molar-refractivity contribution in [1.29, 1.82) is 0 Å². The van der Waals surface area contributed by atoms with E-state index in [-0.39, 0.29) is 23.7 Å². The topological polar surface area (TPSA) is 52.7 Å². The number of halogens is 1. The standard InChI is InChI=1S/C18H24ClN3O2/c1-3-21-6-8-22(9-7-21)18(24)15-11-14(15)17(23)20-13-5-4-12(2)16(19)10-13/h4-5,10,14-15H,3,6-9,11H2,1-2H3,(H,20,23). The predicted molar refractivity (Wildman–Crippen MR) is 95.1 cm³/mol. The van der Waals surface area contributed by atoms with Crippen LogP contribution in [0.25, 0.3) is 0 Å². The summed E-state index contributed by atoms with van der Waals surface area (Å²) in [5.41, 5.74) is 1.66. The molecule has 3 rings (SSSR count). The number of likely N-dealkylation sites (N-methyl/N-ethyl adjacent to an activating group) is 1. The number of carbonyl (C=O) groups is 2. The SMILES string of the molecule is CCN1CCN(C(=O)C2CC2C(=O)Nc2ccc(C)c(Cl)c2)CC1. The average molecular weight is 350 g/mol. The zero-order valence-corrected chi connectivity index (χ0v) is 15.0. The van der Waals surface area contributed by atoms with Crippen molar-refractivity contribution in [2.45, 2.75) is 20.3 Å². The van der Waals surface area contributed by atoms with Crippen LogP contribution in [0, 0.1) is 18.8 Å². The molecule has 1 aromatic carbocycles. The molecule has 2 unspecified atom stereocenters. The minimum absolute atomic E-state index is 0.0829. The van der Waals surface area contributed by atoms with Crippen LogP contribution in [0.3, 0.4) is 0 Å². The van der Waals surface area contributed by atoms with Crippen molar-refractivity contribution in [3.63, 3.8) is 0 Å². The Morgan fingerprint density at radius 2 is 1.92 bits per heavy atom. The van der Waals surface area contributed by atoms with Gasteiger partial charge in [0.05, 0.1) is 11.8 Å². The third kappa shape index (κ3) is 3.73. The molecule has 5 nitrogen and oxygen atoms in total. The molecule has 1 heterocycles. The first-order valence-corrected chi connectivity index (χ1v) is 8.95. The van der Waals surface area contributed by atoms with Crippen molar-refractivity contribution in [1.82, 2.24) is 9.80 Å². The van der Waals surface area contributed by atoms with Gasteiger partial charge in [0.1, 0.15) is 0 Å². The molecule has 0 bridgehead atoms. The highest BCUT2D eigenvalue weighted by Crippen LogP contribution is 2.41. The highest BCUT2D eigenvalue weighted by atomic mass is 35.5. The molecule has 24 heavy (non-hydrogen) atoms. The number of amides is 2. The summed E-state index contributed by atoms with van der Waals surface area (Å²) in [6, 6.07) is 5.46. The summed E-state index contributed by atoms with van der Waals surface area (Å²) >= 11 is 6.08. The molecule has 2 fully saturated rings. The summed E-state index contributed by atoms with van der Waals surface area (Å²) in [5.74, 6) is -0.311. The van der Waals surface area contributed by atoms with Crippen LogP contribution in [-0.4, -0.2) is 54.3 Å². The van der Waals surface area contributed by atoms with E-state index >= 15 is 0 Å². The van der Waals surface area contributed by atoms with Crippen molar-refractivity contribution < 1.29 is 9.59 Å². The van der Waals surface area contributed by atoms with Crippen molar-refractivity contribution in [3.05, 3.63) is 28.8 Å². The van der Waals surface area contributed by atoms with Gasteiger partial charge in [0, 0.05) is 36.9 Å². The summed E-state index contributed by atoms with van der Waals surface area (Å²) < 4.78 is 0. The molecule has 1 N–H and O–H groups in total. The maximum Gasteiger partial charge on any atom is 0.228 e. The Morgan fingerprint density at radius 1 is 1.21 bits per heavy atom. The van der Waals surface area contributed by atoms with E-state index in [1.54, 1.807) is 6.07 Å². The van der Waals surface area contributed by atoms with Gasteiger partial charge in [-0.3, -0.25) is 9.59 Å². The summed E-state index contributed by atoms with van der Waals surface area (Å²) in [6.07, 6.45) is 0.651. The van der Waals surface area contributed by atoms with Crippen molar-refractivity contribution >= 4 is 29.1 Å². The monoisotopic (exact) mass is 349 g/mol. The Balaban J connectivity index is 1.52. The van der Waals surface area contributed by atoms with Gasteiger partial charge >= 0.3 is 0 Å². The van der Waals surface area contributed by atoms with Gasteiger partial charge in [0.2, 0.25) is 11.8 Å². The molecule has 2 aliphatic rings. The molecule has 6 heteroatoms. The minimum Gasteiger partial charge on any atom is -0.340 e. The highest BCUT2D eigenvalue weighted by molar-refractivity contribution is 6.31. The number of benzene rings is 1. The molecule has 1 aromatic rings. The van der Waals surface area contributed by atoms with E-state index in [2.05, 4.69) is 17.1 Å². The Bertz CT molecular complexity index is 641. The molecule has 1 aliphatic carbocycles. The third-order valence-corrected chi connectivity index (χ3v) is 5.42. The predicted octanol–water partition coefficient (Wildman–Crippen LogP) is 2.39. The maximum atomic E-state index is 12.5. The second kappa shape index (κ2) is 7.11. The van der Waals surface area contributed by atoms with E-state index in [4.69, 9.17) is 11.6 Å². The van der Waals surface area contributed by atoms with Crippen LogP contribution >= 0.6 is 11.6 Å². The Kier molecular flexibility index (Phi) is 5.11. The van der Waals surface area contributed by atoms with E-state index in [9.17, 15) is 9.59 Å². The van der Waals surface area contributed by atoms with Crippen molar-refractivity contribution in [3.8, 4) is 0 Å². The maximum absolute atomic E-state index is 12.5. The fourth-order valence-electron chi connectivity index (χ4n) is 3.18. The van der Waals surface area contributed by atoms with E-state index in [1.165, 1.54) is 0 Å². The fraction of sp³-hybridized carbons (Fsp3) is 0.556. The molecule has 0 aromatic heterocycles. The number of aryl methyl sites for hydroxylation is 1. The molecule has 0 spiro atoms. The van der Waals surface area contributed by atoms with Gasteiger partial charge in [-0.2, -0.15) is 0 Å². The summed E-state index contributed by atoms with van der Waals surface area (Å²) in [4.78, 5) is 29.1. The second-order valence-electron chi connectivity index (χ2n) is 6.66. The molecular weight excluding hydrogens is 326 g/mol. The van der Waals surface area contributed by atoms with E-state index < -0.39 is 0 Å². The first kappa shape index (κ1) is 17.2. The lowest BCUT2D eigenvalue weighted by Crippen LogP contribution is -2.49. The minimum atomic E-state index is -0.207. The molecule has 0 radical (unpaired) electrons. The van der Waals surface area contributed by atoms with Crippen LogP contribution in [0.5, 0.6) is 0 Å². The third-order valence-electron chi connectivity index (χ3n) is 5.01. The number of nitrogens with zero attached hydrogens (tertiary/aromatic N) is 2. The highest BCUT2D eigenvalue weighted by Gasteiger charge is 2.49. The van der Waals surface area contributed by atoms with Crippen molar-refractivity contribution in [2.24, 2.45) is 11.8 Å². The van der Waals surface area contributed by atoms with Crippen LogP contribution in [0.2, 0.25) is 5.02 Å². The number of hydrogen-bond acceptors (Lipinski definition) is 3. The quantitative estimate of drug-likeness (QED) is 0.908. The number of hydrogen-bond donors (Lipinski definition) is 1. The lowest BCUT2D eigenvalue weighted by Gasteiger charge is -2.34. The number of carbonyl (C=O) groups excluding carboxylic acids is 2. The zero-order chi connectivity index (χ0) is 17.3. The van der Waals surface area contributed by atoms with E-state index in [1.807, 2.05) is 24.0 Å². The van der Waals surface area contributed by atoms with Gasteiger partial charge in [-0.25, -0.2) is 0 Å². The van der Waals surface area contributed by atoms with E-state index in [0.29, 0.717) is 17.1 Å². The lowest BCUT2D eigenvalue weighted by atomic mass is 10.2. The Morgan fingerprint density at radius 3 is 2.54 bits per heavy atom. The van der Waals surface area contributed by atoms with Gasteiger partial charge in [-0.05, 0) is 37.6 Å². The van der Waals surface area contributed by atoms with Crippen LogP contribution in [0.1, 0.15) is 18.9 Å². The van der Waals surface area contributed by atoms with Gasteiger partial charge in [0.15, 0.2) is 0 Å². The average Bonchev–Trinajstić information content (AvgIpc) is 3.38. The molecule has 130 valence electrons. The van der Waals surface area contributed by atoms with Crippen LogP contribution < -0.4 is 5.32 Å². The van der Waals surface area contributed by atoms with Gasteiger partial charge in [-0.1, -0.05) is 24.6 Å². The van der Waals surface area contributed by atoms with Crippen LogP contribution in [0.4, 0.5) is 5.69 Å². The summed E-state index contributed by atoms with van der Waals surface area (Å²) in [6.45, 7) is 8.46. The molecular formula is C18H24ClN3O2. The normalized spacial score (nSPS) is 23.9. The summed E-state index contributed by atoms with van der Waals surface area (Å²) in [7, 11) is 0.